The summed E-state index contributed by atoms with van der Waals surface area (Å²) in [5.41, 5.74) is 2.42. The van der Waals surface area contributed by atoms with Crippen LogP contribution < -0.4 is 5.32 Å². The van der Waals surface area contributed by atoms with Crippen LogP contribution in [0.3, 0.4) is 0 Å². The van der Waals surface area contributed by atoms with Crippen molar-refractivity contribution in [2.24, 2.45) is 0 Å². The summed E-state index contributed by atoms with van der Waals surface area (Å²) in [6, 6.07) is 6.78. The first-order valence-corrected chi connectivity index (χ1v) is 8.65. The van der Waals surface area contributed by atoms with Crippen molar-refractivity contribution in [3.63, 3.8) is 0 Å². The van der Waals surface area contributed by atoms with Gasteiger partial charge in [0.2, 0.25) is 0 Å². The smallest absolute Gasteiger partial charge is 0.325 e. The third-order valence-corrected chi connectivity index (χ3v) is 5.14. The minimum absolute atomic E-state index is 0.182. The number of aryl methyl sites for hydroxylation is 2. The summed E-state index contributed by atoms with van der Waals surface area (Å²) < 4.78 is 4.92. The maximum Gasteiger partial charge on any atom is 0.325 e. The van der Waals surface area contributed by atoms with Gasteiger partial charge in [0, 0.05) is 10.6 Å². The molecule has 0 aromatic heterocycles. The molecule has 1 unspecified atom stereocenters. The number of hydrogen-bond donors (Lipinski definition) is 1. The maximum atomic E-state index is 11.9. The number of esters is 1. The van der Waals surface area contributed by atoms with Gasteiger partial charge in [0.1, 0.15) is 5.54 Å². The molecular formula is C17H25NO2S. The van der Waals surface area contributed by atoms with Gasteiger partial charge in [-0.3, -0.25) is 4.79 Å². The van der Waals surface area contributed by atoms with Gasteiger partial charge in [-0.2, -0.15) is 0 Å². The number of methoxy groups -OCH3 is 1. The van der Waals surface area contributed by atoms with E-state index in [4.69, 9.17) is 4.74 Å². The van der Waals surface area contributed by atoms with E-state index in [9.17, 15) is 4.79 Å². The molecule has 0 spiro atoms. The second-order valence-corrected chi connectivity index (χ2v) is 6.90. The van der Waals surface area contributed by atoms with Crippen molar-refractivity contribution < 1.29 is 9.53 Å². The molecule has 4 heteroatoms. The molecule has 0 radical (unpaired) electrons. The van der Waals surface area contributed by atoms with Crippen LogP contribution in [0.15, 0.2) is 23.1 Å². The van der Waals surface area contributed by atoms with Crippen LogP contribution in [0.4, 0.5) is 0 Å². The van der Waals surface area contributed by atoms with Crippen LogP contribution in [-0.2, 0) is 22.4 Å². The van der Waals surface area contributed by atoms with Gasteiger partial charge in [-0.05, 0) is 62.4 Å². The predicted molar refractivity (Wildman–Crippen MR) is 87.9 cm³/mol. The predicted octanol–water partition coefficient (Wildman–Crippen LogP) is 3.20. The Labute approximate surface area is 131 Å². The number of thioether (sulfide) groups is 1. The fraction of sp³-hybridized carbons (Fsp3) is 0.588. The Bertz CT molecular complexity index is 504. The molecule has 0 amide bonds. The van der Waals surface area contributed by atoms with Gasteiger partial charge in [-0.25, -0.2) is 0 Å². The fourth-order valence-electron chi connectivity index (χ4n) is 2.89. The van der Waals surface area contributed by atoms with E-state index in [-0.39, 0.29) is 5.97 Å². The molecular weight excluding hydrogens is 282 g/mol. The van der Waals surface area contributed by atoms with Crippen LogP contribution in [0.5, 0.6) is 0 Å². The minimum Gasteiger partial charge on any atom is -0.468 e. The van der Waals surface area contributed by atoms with Gasteiger partial charge in [0.15, 0.2) is 0 Å². The number of carbonyl (C=O) groups is 1. The molecule has 1 aliphatic rings. The molecule has 21 heavy (non-hydrogen) atoms. The fourth-order valence-corrected chi connectivity index (χ4v) is 4.02. The molecule has 0 fully saturated rings. The van der Waals surface area contributed by atoms with E-state index in [2.05, 4.69) is 23.5 Å². The zero-order chi connectivity index (χ0) is 15.3. The van der Waals surface area contributed by atoms with E-state index in [0.717, 1.165) is 18.7 Å². The Hall–Kier alpha value is -1.00. The lowest BCUT2D eigenvalue weighted by molar-refractivity contribution is -0.147. The SMILES string of the molecule is CCNC(C)(CCSc1ccc2c(c1)CCC2)C(=O)OC. The molecule has 0 heterocycles. The van der Waals surface area contributed by atoms with Crippen LogP contribution in [0.1, 0.15) is 37.8 Å². The van der Waals surface area contributed by atoms with Crippen molar-refractivity contribution in [2.75, 3.05) is 19.4 Å². The number of benzene rings is 1. The average molecular weight is 307 g/mol. The topological polar surface area (TPSA) is 38.3 Å². The van der Waals surface area contributed by atoms with Gasteiger partial charge in [-0.15, -0.1) is 11.8 Å². The van der Waals surface area contributed by atoms with E-state index < -0.39 is 5.54 Å². The standard InChI is InChI=1S/C17H25NO2S/c1-4-18-17(2,16(19)20-3)10-11-21-15-9-8-13-6-5-7-14(13)12-15/h8-9,12,18H,4-7,10-11H2,1-3H3. The normalized spacial score (nSPS) is 16.3. The highest BCUT2D eigenvalue weighted by Gasteiger charge is 2.32. The second-order valence-electron chi connectivity index (χ2n) is 5.74. The minimum atomic E-state index is -0.590. The maximum absolute atomic E-state index is 11.9. The van der Waals surface area contributed by atoms with Crippen molar-refractivity contribution in [3.05, 3.63) is 29.3 Å². The average Bonchev–Trinajstić information content (AvgIpc) is 2.94. The molecule has 0 aliphatic heterocycles. The van der Waals surface area contributed by atoms with Crippen LogP contribution in [0.2, 0.25) is 0 Å². The molecule has 0 saturated heterocycles. The first-order valence-electron chi connectivity index (χ1n) is 7.67. The number of rotatable bonds is 7. The van der Waals surface area contributed by atoms with E-state index in [0.29, 0.717) is 0 Å². The quantitative estimate of drug-likeness (QED) is 0.620. The van der Waals surface area contributed by atoms with E-state index in [1.54, 1.807) is 0 Å². The van der Waals surface area contributed by atoms with Crippen molar-refractivity contribution in [2.45, 2.75) is 50.0 Å². The summed E-state index contributed by atoms with van der Waals surface area (Å²) in [7, 11) is 1.45. The highest BCUT2D eigenvalue weighted by molar-refractivity contribution is 7.99. The van der Waals surface area contributed by atoms with E-state index in [1.165, 1.54) is 42.4 Å². The van der Waals surface area contributed by atoms with Crippen LogP contribution in [-0.4, -0.2) is 30.9 Å². The number of carbonyl (C=O) groups excluding carboxylic acids is 1. The lowest BCUT2D eigenvalue weighted by atomic mass is 9.99. The Morgan fingerprint density at radius 2 is 2.14 bits per heavy atom. The monoisotopic (exact) mass is 307 g/mol. The number of fused-ring (bicyclic) bond motifs is 1. The van der Waals surface area contributed by atoms with Gasteiger partial charge in [0.25, 0.3) is 0 Å². The molecule has 1 aromatic rings. The third-order valence-electron chi connectivity index (χ3n) is 4.14. The Balaban J connectivity index is 1.91. The van der Waals surface area contributed by atoms with Crippen molar-refractivity contribution >= 4 is 17.7 Å². The number of nitrogens with one attached hydrogen (secondary N) is 1. The van der Waals surface area contributed by atoms with Gasteiger partial charge in [-0.1, -0.05) is 13.0 Å². The zero-order valence-electron chi connectivity index (χ0n) is 13.2. The van der Waals surface area contributed by atoms with E-state index >= 15 is 0 Å². The summed E-state index contributed by atoms with van der Waals surface area (Å²) >= 11 is 1.82. The summed E-state index contributed by atoms with van der Waals surface area (Å²) in [6.07, 6.45) is 4.47. The molecule has 0 saturated carbocycles. The van der Waals surface area contributed by atoms with Crippen molar-refractivity contribution in [1.29, 1.82) is 0 Å². The molecule has 1 atom stereocenters. The first kappa shape index (κ1) is 16.4. The third kappa shape index (κ3) is 4.01. The van der Waals surface area contributed by atoms with Crippen LogP contribution in [0, 0.1) is 0 Å². The molecule has 1 aliphatic carbocycles. The second kappa shape index (κ2) is 7.32. The summed E-state index contributed by atoms with van der Waals surface area (Å²) in [6.45, 7) is 4.69. The van der Waals surface area contributed by atoms with Gasteiger partial charge >= 0.3 is 5.97 Å². The highest BCUT2D eigenvalue weighted by atomic mass is 32.2. The van der Waals surface area contributed by atoms with Crippen LogP contribution >= 0.6 is 11.8 Å². The molecule has 1 N–H and O–H groups in total. The van der Waals surface area contributed by atoms with Gasteiger partial charge in [0.05, 0.1) is 7.11 Å². The zero-order valence-corrected chi connectivity index (χ0v) is 14.0. The van der Waals surface area contributed by atoms with Crippen molar-refractivity contribution in [1.82, 2.24) is 5.32 Å². The van der Waals surface area contributed by atoms with Gasteiger partial charge < -0.3 is 10.1 Å². The lowest BCUT2D eigenvalue weighted by Crippen LogP contribution is -2.50. The molecule has 0 bridgehead atoms. The summed E-state index contributed by atoms with van der Waals surface area (Å²) in [4.78, 5) is 13.2. The molecule has 3 nitrogen and oxygen atoms in total. The van der Waals surface area contributed by atoms with Crippen molar-refractivity contribution in [3.8, 4) is 0 Å². The number of ether oxygens (including phenoxy) is 1. The number of hydrogen-bond acceptors (Lipinski definition) is 4. The van der Waals surface area contributed by atoms with E-state index in [1.807, 2.05) is 25.6 Å². The summed E-state index contributed by atoms with van der Waals surface area (Å²) in [5, 5.41) is 3.25. The Kier molecular flexibility index (Phi) is 5.71. The largest absolute Gasteiger partial charge is 0.468 e. The molecule has 116 valence electrons. The van der Waals surface area contributed by atoms with Crippen LogP contribution in [0.25, 0.3) is 0 Å². The Morgan fingerprint density at radius 3 is 2.86 bits per heavy atom. The molecule has 2 rings (SSSR count). The highest BCUT2D eigenvalue weighted by Crippen LogP contribution is 2.29. The lowest BCUT2D eigenvalue weighted by Gasteiger charge is -2.27. The summed E-state index contributed by atoms with van der Waals surface area (Å²) in [5.74, 6) is 0.719. The number of likely N-dealkylation sites (N-methyl/N-ethyl adjacent to an activating group) is 1. The molecule has 1 aromatic carbocycles. The Morgan fingerprint density at radius 1 is 1.38 bits per heavy atom. The first-order chi connectivity index (χ1) is 10.1.